The molecule has 0 aliphatic carbocycles. The number of amides is 1. The molecule has 112 valence electrons. The number of likely N-dealkylation sites (N-methyl/N-ethyl adjacent to an activating group) is 1. The Morgan fingerprint density at radius 2 is 2.05 bits per heavy atom. The molecule has 1 aromatic rings. The first-order valence-corrected chi connectivity index (χ1v) is 7.17. The van der Waals surface area contributed by atoms with Gasteiger partial charge in [-0.25, -0.2) is 0 Å². The minimum Gasteiger partial charge on any atom is -0.493 e. The normalized spacial score (nSPS) is 10.2. The maximum absolute atomic E-state index is 11.7. The second kappa shape index (κ2) is 8.11. The summed E-state index contributed by atoms with van der Waals surface area (Å²) in [7, 11) is 4.98. The van der Waals surface area contributed by atoms with Gasteiger partial charge in [-0.05, 0) is 40.5 Å². The van der Waals surface area contributed by atoms with Gasteiger partial charge in [0, 0.05) is 20.1 Å². The summed E-state index contributed by atoms with van der Waals surface area (Å²) in [6.45, 7) is 3.56. The van der Waals surface area contributed by atoms with E-state index in [1.165, 1.54) is 0 Å². The van der Waals surface area contributed by atoms with Gasteiger partial charge in [0.1, 0.15) is 0 Å². The molecule has 6 heteroatoms. The third-order valence-corrected chi connectivity index (χ3v) is 3.59. The van der Waals surface area contributed by atoms with Crippen LogP contribution in [0.1, 0.15) is 12.5 Å². The van der Waals surface area contributed by atoms with E-state index >= 15 is 0 Å². The number of halogens is 1. The van der Waals surface area contributed by atoms with Crippen molar-refractivity contribution in [3.05, 3.63) is 22.2 Å². The molecule has 1 amide bonds. The van der Waals surface area contributed by atoms with E-state index < -0.39 is 0 Å². The Bertz CT molecular complexity index is 466. The quantitative estimate of drug-likeness (QED) is 0.822. The van der Waals surface area contributed by atoms with Crippen LogP contribution in [0.5, 0.6) is 11.5 Å². The van der Waals surface area contributed by atoms with Crippen molar-refractivity contribution in [2.75, 3.05) is 34.4 Å². The van der Waals surface area contributed by atoms with Crippen molar-refractivity contribution < 1.29 is 14.3 Å². The summed E-state index contributed by atoms with van der Waals surface area (Å²) in [5.74, 6) is 1.40. The first-order valence-electron chi connectivity index (χ1n) is 6.38. The summed E-state index contributed by atoms with van der Waals surface area (Å²) in [6.07, 6.45) is 0. The fourth-order valence-electron chi connectivity index (χ4n) is 1.70. The molecule has 0 fully saturated rings. The molecular weight excluding hydrogens is 324 g/mol. The number of nitrogens with zero attached hydrogens (tertiary/aromatic N) is 1. The van der Waals surface area contributed by atoms with Crippen molar-refractivity contribution in [1.29, 1.82) is 0 Å². The van der Waals surface area contributed by atoms with Gasteiger partial charge in [-0.2, -0.15) is 0 Å². The minimum absolute atomic E-state index is 0.0760. The Balaban J connectivity index is 2.65. The summed E-state index contributed by atoms with van der Waals surface area (Å²) in [4.78, 5) is 13.3. The Labute approximate surface area is 128 Å². The zero-order valence-corrected chi connectivity index (χ0v) is 13.9. The van der Waals surface area contributed by atoms with E-state index in [9.17, 15) is 4.79 Å². The monoisotopic (exact) mass is 344 g/mol. The molecule has 0 atom stereocenters. The third-order valence-electron chi connectivity index (χ3n) is 3.00. The lowest BCUT2D eigenvalue weighted by Gasteiger charge is -2.15. The highest BCUT2D eigenvalue weighted by Gasteiger charge is 2.11. The lowest BCUT2D eigenvalue weighted by Crippen LogP contribution is -2.35. The molecule has 20 heavy (non-hydrogen) atoms. The van der Waals surface area contributed by atoms with Gasteiger partial charge >= 0.3 is 0 Å². The fourth-order valence-corrected chi connectivity index (χ4v) is 2.35. The smallest absolute Gasteiger partial charge is 0.236 e. The van der Waals surface area contributed by atoms with Gasteiger partial charge in [-0.15, -0.1) is 0 Å². The van der Waals surface area contributed by atoms with E-state index in [-0.39, 0.29) is 5.91 Å². The Hall–Kier alpha value is -1.27. The topological polar surface area (TPSA) is 50.8 Å². The molecule has 0 aromatic heterocycles. The Morgan fingerprint density at radius 1 is 1.35 bits per heavy atom. The lowest BCUT2D eigenvalue weighted by atomic mass is 10.2. The van der Waals surface area contributed by atoms with Gasteiger partial charge < -0.3 is 19.7 Å². The highest BCUT2D eigenvalue weighted by Crippen LogP contribution is 2.36. The number of hydrogen-bond donors (Lipinski definition) is 1. The first kappa shape index (κ1) is 16.8. The van der Waals surface area contributed by atoms with Crippen LogP contribution in [-0.2, 0) is 11.3 Å². The van der Waals surface area contributed by atoms with Crippen LogP contribution in [0.4, 0.5) is 0 Å². The average molecular weight is 345 g/mol. The molecule has 5 nitrogen and oxygen atoms in total. The zero-order chi connectivity index (χ0) is 15.1. The van der Waals surface area contributed by atoms with E-state index in [1.54, 1.807) is 26.2 Å². The van der Waals surface area contributed by atoms with Crippen molar-refractivity contribution in [2.24, 2.45) is 0 Å². The van der Waals surface area contributed by atoms with E-state index in [2.05, 4.69) is 21.2 Å². The largest absolute Gasteiger partial charge is 0.493 e. The molecule has 0 aliphatic rings. The molecule has 0 saturated carbocycles. The van der Waals surface area contributed by atoms with Crippen molar-refractivity contribution in [3.8, 4) is 11.5 Å². The molecule has 1 rings (SSSR count). The van der Waals surface area contributed by atoms with Crippen molar-refractivity contribution in [1.82, 2.24) is 10.2 Å². The molecule has 0 aliphatic heterocycles. The number of rotatable bonds is 7. The summed E-state index contributed by atoms with van der Waals surface area (Å²) in [5.41, 5.74) is 1.02. The first-order chi connectivity index (χ1) is 9.53. The molecular formula is C14H21BrN2O3. The second-order valence-electron chi connectivity index (χ2n) is 4.32. The molecule has 0 radical (unpaired) electrons. The van der Waals surface area contributed by atoms with Gasteiger partial charge in [-0.1, -0.05) is 0 Å². The fraction of sp³-hybridized carbons (Fsp3) is 0.500. The SMILES string of the molecule is CCN(C)C(=O)CNCc1cc(Br)c(OC)c(OC)c1. The van der Waals surface area contributed by atoms with Crippen LogP contribution in [0.3, 0.4) is 0 Å². The molecule has 0 saturated heterocycles. The van der Waals surface area contributed by atoms with E-state index in [0.29, 0.717) is 31.1 Å². The molecule has 0 spiro atoms. The second-order valence-corrected chi connectivity index (χ2v) is 5.18. The predicted molar refractivity (Wildman–Crippen MR) is 82.3 cm³/mol. The van der Waals surface area contributed by atoms with Gasteiger partial charge in [0.25, 0.3) is 0 Å². The van der Waals surface area contributed by atoms with E-state index in [0.717, 1.165) is 10.0 Å². The lowest BCUT2D eigenvalue weighted by molar-refractivity contribution is -0.128. The van der Waals surface area contributed by atoms with Crippen LogP contribution in [0.25, 0.3) is 0 Å². The van der Waals surface area contributed by atoms with Crippen LogP contribution >= 0.6 is 15.9 Å². The summed E-state index contributed by atoms with van der Waals surface area (Å²) >= 11 is 3.45. The number of benzene rings is 1. The Kier molecular flexibility index (Phi) is 6.81. The summed E-state index contributed by atoms with van der Waals surface area (Å²) in [5, 5.41) is 3.12. The number of ether oxygens (including phenoxy) is 2. The summed E-state index contributed by atoms with van der Waals surface area (Å²) < 4.78 is 11.4. The highest BCUT2D eigenvalue weighted by molar-refractivity contribution is 9.10. The van der Waals surface area contributed by atoms with Crippen LogP contribution in [0, 0.1) is 0 Å². The highest BCUT2D eigenvalue weighted by atomic mass is 79.9. The van der Waals surface area contributed by atoms with Crippen LogP contribution in [0.2, 0.25) is 0 Å². The number of hydrogen-bond acceptors (Lipinski definition) is 4. The number of methoxy groups -OCH3 is 2. The van der Waals surface area contributed by atoms with Gasteiger partial charge in [0.2, 0.25) is 5.91 Å². The van der Waals surface area contributed by atoms with Crippen molar-refractivity contribution >= 4 is 21.8 Å². The summed E-state index contributed by atoms with van der Waals surface area (Å²) in [6, 6.07) is 3.84. The number of nitrogens with one attached hydrogen (secondary N) is 1. The van der Waals surface area contributed by atoms with Gasteiger partial charge in [0.05, 0.1) is 25.2 Å². The molecule has 0 heterocycles. The maximum Gasteiger partial charge on any atom is 0.236 e. The number of carbonyl (C=O) groups is 1. The average Bonchev–Trinajstić information content (AvgIpc) is 2.45. The van der Waals surface area contributed by atoms with Crippen LogP contribution < -0.4 is 14.8 Å². The van der Waals surface area contributed by atoms with Crippen molar-refractivity contribution in [2.45, 2.75) is 13.5 Å². The van der Waals surface area contributed by atoms with E-state index in [1.807, 2.05) is 19.1 Å². The van der Waals surface area contributed by atoms with Crippen molar-refractivity contribution in [3.63, 3.8) is 0 Å². The standard InChI is InChI=1S/C14H21BrN2O3/c1-5-17(2)13(18)9-16-8-10-6-11(15)14(20-4)12(7-10)19-3/h6-7,16H,5,8-9H2,1-4H3. The van der Waals surface area contributed by atoms with E-state index in [4.69, 9.17) is 9.47 Å². The van der Waals surface area contributed by atoms with Gasteiger partial charge in [-0.3, -0.25) is 4.79 Å². The third kappa shape index (κ3) is 4.38. The van der Waals surface area contributed by atoms with Gasteiger partial charge in [0.15, 0.2) is 11.5 Å². The predicted octanol–water partition coefficient (Wildman–Crippen LogP) is 2.03. The number of carbonyl (C=O) groups excluding carboxylic acids is 1. The maximum atomic E-state index is 11.7. The molecule has 0 unspecified atom stereocenters. The zero-order valence-electron chi connectivity index (χ0n) is 12.3. The Morgan fingerprint density at radius 3 is 2.60 bits per heavy atom. The molecule has 0 bridgehead atoms. The minimum atomic E-state index is 0.0760. The molecule has 1 aromatic carbocycles. The van der Waals surface area contributed by atoms with Crippen LogP contribution in [0.15, 0.2) is 16.6 Å². The van der Waals surface area contributed by atoms with Crippen LogP contribution in [-0.4, -0.2) is 45.2 Å². The molecule has 1 N–H and O–H groups in total.